The maximum Gasteiger partial charge on any atom is 0.165 e. The van der Waals surface area contributed by atoms with Crippen molar-refractivity contribution in [2.75, 3.05) is 23.7 Å². The molecule has 1 fully saturated rings. The fourth-order valence-corrected chi connectivity index (χ4v) is 4.38. The first-order valence-corrected chi connectivity index (χ1v) is 10.9. The van der Waals surface area contributed by atoms with Crippen molar-refractivity contribution in [1.82, 2.24) is 19.9 Å². The summed E-state index contributed by atoms with van der Waals surface area (Å²) in [6.07, 6.45) is 7.19. The van der Waals surface area contributed by atoms with Crippen molar-refractivity contribution in [2.24, 2.45) is 0 Å². The van der Waals surface area contributed by atoms with Crippen LogP contribution in [0, 0.1) is 0 Å². The monoisotopic (exact) mass is 460 g/mol. The zero-order chi connectivity index (χ0) is 20.5. The van der Waals surface area contributed by atoms with Gasteiger partial charge in [-0.25, -0.2) is 15.0 Å². The van der Waals surface area contributed by atoms with Crippen molar-refractivity contribution in [2.45, 2.75) is 19.3 Å². The number of piperidine rings is 1. The average molecular weight is 461 g/mol. The zero-order valence-corrected chi connectivity index (χ0v) is 18.0. The maximum atomic E-state index is 6.20. The number of halogens is 1. The number of rotatable bonds is 3. The molecule has 0 atom stereocenters. The van der Waals surface area contributed by atoms with Gasteiger partial charge in [-0.3, -0.25) is 4.98 Å². The van der Waals surface area contributed by atoms with E-state index in [4.69, 9.17) is 15.7 Å². The second-order valence-electron chi connectivity index (χ2n) is 7.47. The summed E-state index contributed by atoms with van der Waals surface area (Å²) in [5.74, 6) is 0.419. The smallest absolute Gasteiger partial charge is 0.165 e. The number of hydrogen-bond donors (Lipinski definition) is 1. The Labute approximate surface area is 183 Å². The molecule has 0 unspecified atom stereocenters. The number of fused-ring (bicyclic) bond motifs is 1. The lowest BCUT2D eigenvalue weighted by atomic mass is 10.0. The van der Waals surface area contributed by atoms with Crippen LogP contribution in [0.25, 0.3) is 33.5 Å². The van der Waals surface area contributed by atoms with Gasteiger partial charge in [0.25, 0.3) is 0 Å². The van der Waals surface area contributed by atoms with Crippen molar-refractivity contribution in [3.8, 4) is 22.5 Å². The topological polar surface area (TPSA) is 80.8 Å². The lowest BCUT2D eigenvalue weighted by Gasteiger charge is -2.28. The second kappa shape index (κ2) is 7.99. The predicted molar refractivity (Wildman–Crippen MR) is 124 cm³/mol. The molecule has 0 amide bonds. The van der Waals surface area contributed by atoms with Gasteiger partial charge in [0.2, 0.25) is 0 Å². The second-order valence-corrected chi connectivity index (χ2v) is 8.39. The normalized spacial score (nSPS) is 14.2. The van der Waals surface area contributed by atoms with Crippen LogP contribution in [0.15, 0.2) is 59.5 Å². The molecule has 1 aromatic carbocycles. The van der Waals surface area contributed by atoms with Gasteiger partial charge in [0, 0.05) is 17.6 Å². The lowest BCUT2D eigenvalue weighted by Crippen LogP contribution is -2.29. The minimum atomic E-state index is 0.419. The van der Waals surface area contributed by atoms with Crippen LogP contribution in [-0.4, -0.2) is 33.0 Å². The third kappa shape index (κ3) is 3.61. The summed E-state index contributed by atoms with van der Waals surface area (Å²) in [6.45, 7) is 2.19. The van der Waals surface area contributed by atoms with Gasteiger partial charge in [-0.1, -0.05) is 28.1 Å². The molecule has 0 spiro atoms. The molecule has 0 aliphatic carbocycles. The van der Waals surface area contributed by atoms with Crippen LogP contribution in [0.5, 0.6) is 0 Å². The molecule has 4 aromatic rings. The number of anilines is 2. The van der Waals surface area contributed by atoms with Gasteiger partial charge >= 0.3 is 0 Å². The van der Waals surface area contributed by atoms with E-state index in [1.807, 2.05) is 36.5 Å². The summed E-state index contributed by atoms with van der Waals surface area (Å²) < 4.78 is 0.992. The summed E-state index contributed by atoms with van der Waals surface area (Å²) >= 11 is 3.56. The highest BCUT2D eigenvalue weighted by atomic mass is 79.9. The predicted octanol–water partition coefficient (Wildman–Crippen LogP) is 5.09. The van der Waals surface area contributed by atoms with Crippen molar-refractivity contribution in [3.63, 3.8) is 0 Å². The van der Waals surface area contributed by atoms with Gasteiger partial charge in [0.1, 0.15) is 12.1 Å². The first-order chi connectivity index (χ1) is 14.7. The van der Waals surface area contributed by atoms with E-state index in [2.05, 4.69) is 42.9 Å². The minimum Gasteiger partial charge on any atom is -0.383 e. The molecular formula is C23H21BrN6. The summed E-state index contributed by atoms with van der Waals surface area (Å²) in [7, 11) is 0. The number of pyridine rings is 2. The van der Waals surface area contributed by atoms with Crippen molar-refractivity contribution >= 4 is 38.5 Å². The minimum absolute atomic E-state index is 0.419. The first-order valence-electron chi connectivity index (χ1n) is 10.1. The third-order valence-electron chi connectivity index (χ3n) is 5.50. The Morgan fingerprint density at radius 2 is 1.77 bits per heavy atom. The molecule has 1 aliphatic heterocycles. The van der Waals surface area contributed by atoms with Gasteiger partial charge in [-0.15, -0.1) is 0 Å². The summed E-state index contributed by atoms with van der Waals surface area (Å²) in [5.41, 5.74) is 11.5. The van der Waals surface area contributed by atoms with E-state index >= 15 is 0 Å². The number of hydrogen-bond acceptors (Lipinski definition) is 6. The van der Waals surface area contributed by atoms with E-state index in [9.17, 15) is 0 Å². The summed E-state index contributed by atoms with van der Waals surface area (Å²) in [4.78, 5) is 20.4. The van der Waals surface area contributed by atoms with E-state index in [0.29, 0.717) is 11.5 Å². The number of aromatic nitrogens is 4. The molecule has 1 aliphatic rings. The Hall–Kier alpha value is -3.06. The van der Waals surface area contributed by atoms with Crippen LogP contribution < -0.4 is 10.6 Å². The highest BCUT2D eigenvalue weighted by Gasteiger charge is 2.16. The van der Waals surface area contributed by atoms with E-state index in [-0.39, 0.29) is 0 Å². The van der Waals surface area contributed by atoms with E-state index in [0.717, 1.165) is 51.2 Å². The Bertz CT molecular complexity index is 1200. The molecule has 150 valence electrons. The van der Waals surface area contributed by atoms with Gasteiger partial charge in [-0.05, 0) is 60.7 Å². The fourth-order valence-electron chi connectivity index (χ4n) is 3.98. The summed E-state index contributed by atoms with van der Waals surface area (Å²) in [5, 5.41) is 0.754. The Morgan fingerprint density at radius 1 is 0.900 bits per heavy atom. The lowest BCUT2D eigenvalue weighted by molar-refractivity contribution is 0.577. The molecule has 1 saturated heterocycles. The maximum absolute atomic E-state index is 6.20. The number of benzene rings is 1. The Balaban J connectivity index is 1.61. The average Bonchev–Trinajstić information content (AvgIpc) is 2.79. The van der Waals surface area contributed by atoms with Crippen molar-refractivity contribution < 1.29 is 0 Å². The molecule has 5 rings (SSSR count). The highest BCUT2D eigenvalue weighted by Crippen LogP contribution is 2.34. The van der Waals surface area contributed by atoms with Gasteiger partial charge in [0.15, 0.2) is 5.65 Å². The molecule has 4 heterocycles. The third-order valence-corrected chi connectivity index (χ3v) is 5.99. The number of nitrogen functional groups attached to an aromatic ring is 1. The standard InChI is InChI=1S/C23H21BrN6/c24-16-6-4-5-15(11-16)18-12-20(29-23-21(18)22(25)27-14-28-23)19-8-7-17(13-26-19)30-9-2-1-3-10-30/h4-8,11-14H,1-3,9-10H2,(H2,25,27,28,29). The van der Waals surface area contributed by atoms with Crippen LogP contribution in [-0.2, 0) is 0 Å². The fraction of sp³-hybridized carbons (Fsp3) is 0.217. The quantitative estimate of drug-likeness (QED) is 0.458. The molecule has 0 radical (unpaired) electrons. The van der Waals surface area contributed by atoms with Gasteiger partial charge in [0.05, 0.1) is 28.7 Å². The zero-order valence-electron chi connectivity index (χ0n) is 16.4. The van der Waals surface area contributed by atoms with Crippen LogP contribution in [0.2, 0.25) is 0 Å². The molecule has 0 saturated carbocycles. The van der Waals surface area contributed by atoms with Crippen LogP contribution >= 0.6 is 15.9 Å². The molecule has 30 heavy (non-hydrogen) atoms. The van der Waals surface area contributed by atoms with Crippen LogP contribution in [0.1, 0.15) is 19.3 Å². The molecule has 3 aromatic heterocycles. The molecular weight excluding hydrogens is 440 g/mol. The molecule has 0 bridgehead atoms. The number of nitrogens with two attached hydrogens (primary N) is 1. The van der Waals surface area contributed by atoms with E-state index in [1.54, 1.807) is 0 Å². The highest BCUT2D eigenvalue weighted by molar-refractivity contribution is 9.10. The largest absolute Gasteiger partial charge is 0.383 e. The van der Waals surface area contributed by atoms with Gasteiger partial charge in [-0.2, -0.15) is 0 Å². The molecule has 7 heteroatoms. The van der Waals surface area contributed by atoms with E-state index in [1.165, 1.54) is 25.6 Å². The van der Waals surface area contributed by atoms with Gasteiger partial charge < -0.3 is 10.6 Å². The van der Waals surface area contributed by atoms with Crippen molar-refractivity contribution in [3.05, 3.63) is 59.5 Å². The Kier molecular flexibility index (Phi) is 5.04. The van der Waals surface area contributed by atoms with Crippen LogP contribution in [0.4, 0.5) is 11.5 Å². The first kappa shape index (κ1) is 18.9. The molecule has 6 nitrogen and oxygen atoms in total. The van der Waals surface area contributed by atoms with Crippen molar-refractivity contribution in [1.29, 1.82) is 0 Å². The SMILES string of the molecule is Nc1ncnc2nc(-c3ccc(N4CCCCC4)cn3)cc(-c3cccc(Br)c3)c12. The van der Waals surface area contributed by atoms with E-state index < -0.39 is 0 Å². The number of nitrogens with zero attached hydrogens (tertiary/aromatic N) is 5. The molecule has 2 N–H and O–H groups in total. The Morgan fingerprint density at radius 3 is 2.53 bits per heavy atom. The summed E-state index contributed by atoms with van der Waals surface area (Å²) in [6, 6.07) is 14.3. The van der Waals surface area contributed by atoms with Crippen LogP contribution in [0.3, 0.4) is 0 Å².